The molecule has 5 nitrogen and oxygen atoms in total. The van der Waals surface area contributed by atoms with Gasteiger partial charge >= 0.3 is 0 Å². The van der Waals surface area contributed by atoms with Crippen molar-refractivity contribution in [3.8, 4) is 11.5 Å². The van der Waals surface area contributed by atoms with Gasteiger partial charge in [-0.15, -0.1) is 12.4 Å². The summed E-state index contributed by atoms with van der Waals surface area (Å²) in [6.45, 7) is 0. The Hall–Kier alpha value is -1.46. The third-order valence-corrected chi connectivity index (χ3v) is 5.32. The van der Waals surface area contributed by atoms with Gasteiger partial charge in [0.2, 0.25) is 0 Å². The highest BCUT2D eigenvalue weighted by Gasteiger charge is 2.39. The highest BCUT2D eigenvalue weighted by molar-refractivity contribution is 5.95. The van der Waals surface area contributed by atoms with E-state index in [4.69, 9.17) is 15.2 Å². The number of rotatable bonds is 4. The Morgan fingerprint density at radius 3 is 2.33 bits per heavy atom. The number of ether oxygens (including phenoxy) is 2. The molecule has 3 rings (SSSR count). The molecule has 134 valence electrons. The van der Waals surface area contributed by atoms with E-state index < -0.39 is 0 Å². The fourth-order valence-corrected chi connectivity index (χ4v) is 4.24. The molecule has 1 aromatic rings. The Bertz CT molecular complexity index is 567. The van der Waals surface area contributed by atoms with E-state index in [1.165, 1.54) is 19.3 Å². The minimum Gasteiger partial charge on any atom is -0.493 e. The van der Waals surface area contributed by atoms with Crippen LogP contribution in [0.4, 0.5) is 0 Å². The molecule has 2 fully saturated rings. The lowest BCUT2D eigenvalue weighted by atomic mass is 9.67. The molecule has 3 N–H and O–H groups in total. The van der Waals surface area contributed by atoms with Crippen molar-refractivity contribution in [1.82, 2.24) is 5.32 Å². The van der Waals surface area contributed by atoms with Gasteiger partial charge in [0, 0.05) is 17.6 Å². The minimum absolute atomic E-state index is 0. The summed E-state index contributed by atoms with van der Waals surface area (Å²) in [5, 5.41) is 3.26. The second-order valence-electron chi connectivity index (χ2n) is 6.75. The van der Waals surface area contributed by atoms with Crippen LogP contribution in [0.25, 0.3) is 0 Å². The van der Waals surface area contributed by atoms with Gasteiger partial charge in [-0.2, -0.15) is 0 Å². The zero-order chi connectivity index (χ0) is 16.4. The second kappa shape index (κ2) is 8.08. The van der Waals surface area contributed by atoms with Crippen LogP contribution in [0.2, 0.25) is 0 Å². The van der Waals surface area contributed by atoms with Gasteiger partial charge in [-0.3, -0.25) is 4.79 Å². The number of nitrogens with two attached hydrogens (primary N) is 1. The molecule has 0 radical (unpaired) electrons. The predicted molar refractivity (Wildman–Crippen MR) is 96.1 cm³/mol. The van der Waals surface area contributed by atoms with Gasteiger partial charge in [-0.05, 0) is 55.7 Å². The van der Waals surface area contributed by atoms with Crippen LogP contribution in [0.5, 0.6) is 11.5 Å². The van der Waals surface area contributed by atoms with Gasteiger partial charge in [-0.25, -0.2) is 0 Å². The molecule has 2 atom stereocenters. The van der Waals surface area contributed by atoms with Crippen molar-refractivity contribution < 1.29 is 14.3 Å². The molecule has 2 bridgehead atoms. The van der Waals surface area contributed by atoms with Crippen molar-refractivity contribution in [1.29, 1.82) is 0 Å². The average molecular weight is 355 g/mol. The van der Waals surface area contributed by atoms with Gasteiger partial charge < -0.3 is 20.5 Å². The first kappa shape index (κ1) is 18.9. The smallest absolute Gasteiger partial charge is 0.251 e. The molecular weight excluding hydrogens is 328 g/mol. The number of benzene rings is 1. The van der Waals surface area contributed by atoms with Crippen molar-refractivity contribution >= 4 is 18.3 Å². The largest absolute Gasteiger partial charge is 0.493 e. The normalized spacial score (nSPS) is 28.5. The maximum absolute atomic E-state index is 12.7. The van der Waals surface area contributed by atoms with E-state index in [0.717, 1.165) is 12.8 Å². The molecule has 2 aliphatic rings. The van der Waals surface area contributed by atoms with Crippen molar-refractivity contribution in [2.24, 2.45) is 17.6 Å². The fraction of sp³-hybridized carbons (Fsp3) is 0.611. The van der Waals surface area contributed by atoms with Gasteiger partial charge in [0.1, 0.15) is 0 Å². The molecule has 2 unspecified atom stereocenters. The number of fused-ring (bicyclic) bond motifs is 2. The standard InChI is InChI=1S/C18H26N2O3.ClH/c1-22-15-7-6-13(10-16(15)23-2)18(21)20-17-11-4-3-5-12(17)9-14(19)8-11;/h6-7,10-12,14,17H,3-5,8-9,19H2,1-2H3,(H,20,21);1H. The number of methoxy groups -OCH3 is 2. The molecule has 1 amide bonds. The van der Waals surface area contributed by atoms with Crippen LogP contribution >= 0.6 is 12.4 Å². The molecular formula is C18H27ClN2O3. The molecule has 0 saturated heterocycles. The van der Waals surface area contributed by atoms with Crippen molar-refractivity contribution in [3.05, 3.63) is 23.8 Å². The third-order valence-electron chi connectivity index (χ3n) is 5.32. The number of carbonyl (C=O) groups is 1. The number of carbonyl (C=O) groups excluding carboxylic acids is 1. The summed E-state index contributed by atoms with van der Waals surface area (Å²) < 4.78 is 10.5. The van der Waals surface area contributed by atoms with E-state index >= 15 is 0 Å². The Morgan fingerprint density at radius 1 is 1.12 bits per heavy atom. The summed E-state index contributed by atoms with van der Waals surface area (Å²) in [5.41, 5.74) is 6.76. The average Bonchev–Trinajstić information content (AvgIpc) is 2.54. The maximum Gasteiger partial charge on any atom is 0.251 e. The van der Waals surface area contributed by atoms with Crippen molar-refractivity contribution in [3.63, 3.8) is 0 Å². The zero-order valence-corrected chi connectivity index (χ0v) is 15.1. The minimum atomic E-state index is -0.0386. The van der Waals surface area contributed by atoms with E-state index in [9.17, 15) is 4.79 Å². The molecule has 1 aromatic carbocycles. The summed E-state index contributed by atoms with van der Waals surface area (Å²) in [7, 11) is 3.16. The van der Waals surface area contributed by atoms with Gasteiger partial charge in [0.05, 0.1) is 14.2 Å². The highest BCUT2D eigenvalue weighted by Crippen LogP contribution is 2.40. The SMILES string of the molecule is COc1ccc(C(=O)NC2C3CCCC2CC(N)C3)cc1OC.Cl. The van der Waals surface area contributed by atoms with E-state index in [-0.39, 0.29) is 24.4 Å². The van der Waals surface area contributed by atoms with Crippen LogP contribution in [-0.2, 0) is 0 Å². The fourth-order valence-electron chi connectivity index (χ4n) is 4.24. The Kier molecular flexibility index (Phi) is 6.35. The van der Waals surface area contributed by atoms with E-state index in [1.54, 1.807) is 32.4 Å². The molecule has 0 spiro atoms. The van der Waals surface area contributed by atoms with E-state index in [2.05, 4.69) is 5.32 Å². The molecule has 2 aliphatic carbocycles. The quantitative estimate of drug-likeness (QED) is 0.872. The van der Waals surface area contributed by atoms with Crippen LogP contribution in [0.1, 0.15) is 42.5 Å². The molecule has 0 aromatic heterocycles. The zero-order valence-electron chi connectivity index (χ0n) is 14.3. The summed E-state index contributed by atoms with van der Waals surface area (Å²) in [6.07, 6.45) is 5.63. The number of nitrogens with one attached hydrogen (secondary N) is 1. The first-order valence-corrected chi connectivity index (χ1v) is 8.41. The number of halogens is 1. The van der Waals surface area contributed by atoms with Crippen LogP contribution < -0.4 is 20.5 Å². The second-order valence-corrected chi connectivity index (χ2v) is 6.75. The number of hydrogen-bond donors (Lipinski definition) is 2. The van der Waals surface area contributed by atoms with Crippen LogP contribution in [-0.4, -0.2) is 32.2 Å². The lowest BCUT2D eigenvalue weighted by molar-refractivity contribution is 0.0755. The van der Waals surface area contributed by atoms with Crippen molar-refractivity contribution in [2.75, 3.05) is 14.2 Å². The summed E-state index contributed by atoms with van der Waals surface area (Å²) >= 11 is 0. The molecule has 0 aliphatic heterocycles. The van der Waals surface area contributed by atoms with Crippen LogP contribution in [0, 0.1) is 11.8 Å². The highest BCUT2D eigenvalue weighted by atomic mass is 35.5. The Balaban J connectivity index is 0.00000208. The van der Waals surface area contributed by atoms with E-state index in [0.29, 0.717) is 34.9 Å². The first-order valence-electron chi connectivity index (χ1n) is 8.41. The summed E-state index contributed by atoms with van der Waals surface area (Å²) in [5.74, 6) is 2.20. The maximum atomic E-state index is 12.7. The lowest BCUT2D eigenvalue weighted by Crippen LogP contribution is -2.53. The molecule has 24 heavy (non-hydrogen) atoms. The Labute approximate surface area is 149 Å². The van der Waals surface area contributed by atoms with Gasteiger partial charge in [-0.1, -0.05) is 6.42 Å². The number of hydrogen-bond acceptors (Lipinski definition) is 4. The lowest BCUT2D eigenvalue weighted by Gasteiger charge is -2.45. The summed E-state index contributed by atoms with van der Waals surface area (Å²) in [4.78, 5) is 12.7. The van der Waals surface area contributed by atoms with Crippen molar-refractivity contribution in [2.45, 2.75) is 44.2 Å². The third kappa shape index (κ3) is 3.78. The monoisotopic (exact) mass is 354 g/mol. The van der Waals surface area contributed by atoms with Crippen LogP contribution in [0.15, 0.2) is 18.2 Å². The molecule has 2 saturated carbocycles. The topological polar surface area (TPSA) is 73.6 Å². The van der Waals surface area contributed by atoms with Gasteiger partial charge in [0.25, 0.3) is 5.91 Å². The van der Waals surface area contributed by atoms with Crippen LogP contribution in [0.3, 0.4) is 0 Å². The molecule has 6 heteroatoms. The number of amides is 1. The predicted octanol–water partition coefficient (Wildman–Crippen LogP) is 2.76. The molecule has 0 heterocycles. The van der Waals surface area contributed by atoms with E-state index in [1.807, 2.05) is 0 Å². The summed E-state index contributed by atoms with van der Waals surface area (Å²) in [6, 6.07) is 5.83. The Morgan fingerprint density at radius 2 is 1.75 bits per heavy atom. The first-order chi connectivity index (χ1) is 11.1. The van der Waals surface area contributed by atoms with Gasteiger partial charge in [0.15, 0.2) is 11.5 Å².